The highest BCUT2D eigenvalue weighted by Gasteiger charge is 2.37. The van der Waals surface area contributed by atoms with E-state index in [4.69, 9.17) is 4.74 Å². The molecular formula is C18H26N2O3. The molecular weight excluding hydrogens is 292 g/mol. The molecule has 0 spiro atoms. The Morgan fingerprint density at radius 1 is 1.39 bits per heavy atom. The van der Waals surface area contributed by atoms with Gasteiger partial charge in [-0.2, -0.15) is 0 Å². The van der Waals surface area contributed by atoms with Crippen molar-refractivity contribution in [2.45, 2.75) is 41.0 Å². The average molecular weight is 318 g/mol. The summed E-state index contributed by atoms with van der Waals surface area (Å²) >= 11 is 0. The zero-order valence-corrected chi connectivity index (χ0v) is 14.6. The van der Waals surface area contributed by atoms with Crippen LogP contribution in [-0.4, -0.2) is 25.0 Å². The zero-order chi connectivity index (χ0) is 17.2. The molecule has 0 bridgehead atoms. The van der Waals surface area contributed by atoms with Crippen LogP contribution in [0.15, 0.2) is 18.2 Å². The van der Waals surface area contributed by atoms with Gasteiger partial charge < -0.3 is 15.0 Å². The number of nitrogens with one attached hydrogen (secondary N) is 1. The Morgan fingerprint density at radius 3 is 2.70 bits per heavy atom. The lowest BCUT2D eigenvalue weighted by Gasteiger charge is -2.28. The van der Waals surface area contributed by atoms with Crippen molar-refractivity contribution in [2.24, 2.45) is 11.3 Å². The predicted molar refractivity (Wildman–Crippen MR) is 91.8 cm³/mol. The standard InChI is InChI=1S/C18H26N2O3/c1-12(2)8-9-20-15-7-6-14(19-13(3)21)10-16(15)23-11-18(4,5)17(20)22/h6-7,10,12H,8-9,11H2,1-5H3,(H,19,21). The maximum atomic E-state index is 12.9. The number of amides is 2. The molecule has 5 nitrogen and oxygen atoms in total. The quantitative estimate of drug-likeness (QED) is 0.925. The van der Waals surface area contributed by atoms with Gasteiger partial charge in [-0.25, -0.2) is 0 Å². The largest absolute Gasteiger partial charge is 0.490 e. The first-order valence-electron chi connectivity index (χ1n) is 8.07. The van der Waals surface area contributed by atoms with Crippen LogP contribution in [0.4, 0.5) is 11.4 Å². The molecule has 0 saturated carbocycles. The monoisotopic (exact) mass is 318 g/mol. The molecule has 1 aromatic rings. The van der Waals surface area contributed by atoms with Gasteiger partial charge >= 0.3 is 0 Å². The number of hydrogen-bond donors (Lipinski definition) is 1. The number of ether oxygens (including phenoxy) is 1. The van der Waals surface area contributed by atoms with E-state index < -0.39 is 5.41 Å². The Balaban J connectivity index is 2.39. The maximum absolute atomic E-state index is 12.9. The van der Waals surface area contributed by atoms with Crippen LogP contribution in [0.3, 0.4) is 0 Å². The summed E-state index contributed by atoms with van der Waals surface area (Å²) in [5, 5.41) is 2.75. The molecule has 0 radical (unpaired) electrons. The van der Waals surface area contributed by atoms with Crippen molar-refractivity contribution in [2.75, 3.05) is 23.4 Å². The van der Waals surface area contributed by atoms with Gasteiger partial charge in [0, 0.05) is 25.2 Å². The third-order valence-corrected chi connectivity index (χ3v) is 3.91. The van der Waals surface area contributed by atoms with Gasteiger partial charge in [0.1, 0.15) is 12.4 Å². The molecule has 1 aromatic carbocycles. The molecule has 0 aromatic heterocycles. The summed E-state index contributed by atoms with van der Waals surface area (Å²) in [6, 6.07) is 5.44. The fourth-order valence-corrected chi connectivity index (χ4v) is 2.54. The van der Waals surface area contributed by atoms with Gasteiger partial charge in [0.2, 0.25) is 11.8 Å². The molecule has 1 heterocycles. The van der Waals surface area contributed by atoms with E-state index in [-0.39, 0.29) is 11.8 Å². The van der Waals surface area contributed by atoms with Crippen molar-refractivity contribution in [3.05, 3.63) is 18.2 Å². The van der Waals surface area contributed by atoms with Crippen LogP contribution in [0.5, 0.6) is 5.75 Å². The Labute approximate surface area is 138 Å². The van der Waals surface area contributed by atoms with E-state index in [1.807, 2.05) is 24.8 Å². The van der Waals surface area contributed by atoms with Crippen molar-refractivity contribution in [1.29, 1.82) is 0 Å². The highest BCUT2D eigenvalue weighted by Crippen LogP contribution is 2.38. The molecule has 0 saturated heterocycles. The molecule has 2 amide bonds. The minimum absolute atomic E-state index is 0.0733. The van der Waals surface area contributed by atoms with Gasteiger partial charge in [-0.05, 0) is 38.3 Å². The van der Waals surface area contributed by atoms with Crippen LogP contribution in [0.2, 0.25) is 0 Å². The molecule has 1 N–H and O–H groups in total. The van der Waals surface area contributed by atoms with E-state index in [9.17, 15) is 9.59 Å². The molecule has 1 aliphatic rings. The molecule has 5 heteroatoms. The van der Waals surface area contributed by atoms with Gasteiger partial charge in [-0.1, -0.05) is 13.8 Å². The third-order valence-electron chi connectivity index (χ3n) is 3.91. The number of rotatable bonds is 4. The summed E-state index contributed by atoms with van der Waals surface area (Å²) in [5.41, 5.74) is 0.868. The topological polar surface area (TPSA) is 58.6 Å². The van der Waals surface area contributed by atoms with Crippen LogP contribution in [0.25, 0.3) is 0 Å². The van der Waals surface area contributed by atoms with Crippen LogP contribution >= 0.6 is 0 Å². The number of nitrogens with zero attached hydrogens (tertiary/aromatic N) is 1. The second-order valence-electron chi connectivity index (χ2n) is 7.18. The van der Waals surface area contributed by atoms with Gasteiger partial charge in [0.05, 0.1) is 11.1 Å². The van der Waals surface area contributed by atoms with Crippen LogP contribution in [0, 0.1) is 11.3 Å². The Morgan fingerprint density at radius 2 is 2.09 bits per heavy atom. The van der Waals surface area contributed by atoms with Crippen molar-refractivity contribution >= 4 is 23.2 Å². The lowest BCUT2D eigenvalue weighted by molar-refractivity contribution is -0.127. The summed E-state index contributed by atoms with van der Waals surface area (Å²) in [7, 11) is 0. The van der Waals surface area contributed by atoms with E-state index in [0.717, 1.165) is 12.1 Å². The van der Waals surface area contributed by atoms with Crippen molar-refractivity contribution < 1.29 is 14.3 Å². The Bertz CT molecular complexity index is 608. The number of anilines is 2. The maximum Gasteiger partial charge on any atom is 0.236 e. The molecule has 0 fully saturated rings. The first-order valence-corrected chi connectivity index (χ1v) is 8.07. The number of fused-ring (bicyclic) bond motifs is 1. The first-order chi connectivity index (χ1) is 10.7. The summed E-state index contributed by atoms with van der Waals surface area (Å²) in [4.78, 5) is 25.9. The Hall–Kier alpha value is -2.04. The second kappa shape index (κ2) is 6.60. The van der Waals surface area contributed by atoms with Crippen molar-refractivity contribution in [1.82, 2.24) is 0 Å². The van der Waals surface area contributed by atoms with E-state index in [2.05, 4.69) is 19.2 Å². The molecule has 0 atom stereocenters. The van der Waals surface area contributed by atoms with Crippen LogP contribution in [0.1, 0.15) is 41.0 Å². The van der Waals surface area contributed by atoms with Crippen molar-refractivity contribution in [3.63, 3.8) is 0 Å². The van der Waals surface area contributed by atoms with Gasteiger partial charge in [0.25, 0.3) is 0 Å². The smallest absolute Gasteiger partial charge is 0.236 e. The fraction of sp³-hybridized carbons (Fsp3) is 0.556. The molecule has 1 aliphatic heterocycles. The van der Waals surface area contributed by atoms with E-state index in [0.29, 0.717) is 30.5 Å². The van der Waals surface area contributed by atoms with Gasteiger partial charge in [-0.15, -0.1) is 0 Å². The number of hydrogen-bond acceptors (Lipinski definition) is 3. The number of carbonyl (C=O) groups excluding carboxylic acids is 2. The summed E-state index contributed by atoms with van der Waals surface area (Å²) in [5.74, 6) is 1.09. The molecule has 0 unspecified atom stereocenters. The zero-order valence-electron chi connectivity index (χ0n) is 14.6. The van der Waals surface area contributed by atoms with E-state index in [1.54, 1.807) is 12.1 Å². The summed E-state index contributed by atoms with van der Waals surface area (Å²) in [6.45, 7) is 10.5. The molecule has 2 rings (SSSR count). The van der Waals surface area contributed by atoms with Crippen LogP contribution in [-0.2, 0) is 9.59 Å². The Kier molecular flexibility index (Phi) is 4.97. The SMILES string of the molecule is CC(=O)Nc1ccc2c(c1)OCC(C)(C)C(=O)N2CCC(C)C. The number of carbonyl (C=O) groups is 2. The minimum Gasteiger partial charge on any atom is -0.490 e. The lowest BCUT2D eigenvalue weighted by atomic mass is 9.92. The van der Waals surface area contributed by atoms with Gasteiger partial charge in [-0.3, -0.25) is 9.59 Å². The summed E-state index contributed by atoms with van der Waals surface area (Å²) in [6.07, 6.45) is 0.925. The predicted octanol–water partition coefficient (Wildman–Crippen LogP) is 3.44. The van der Waals surface area contributed by atoms with Crippen molar-refractivity contribution in [3.8, 4) is 5.75 Å². The first kappa shape index (κ1) is 17.3. The lowest BCUT2D eigenvalue weighted by Crippen LogP contribution is -2.42. The molecule has 23 heavy (non-hydrogen) atoms. The van der Waals surface area contributed by atoms with E-state index >= 15 is 0 Å². The van der Waals surface area contributed by atoms with Gasteiger partial charge in [0.15, 0.2) is 0 Å². The normalized spacial score (nSPS) is 16.6. The summed E-state index contributed by atoms with van der Waals surface area (Å²) < 4.78 is 5.88. The third kappa shape index (κ3) is 4.03. The average Bonchev–Trinajstić information content (AvgIpc) is 2.53. The number of benzene rings is 1. The van der Waals surface area contributed by atoms with E-state index in [1.165, 1.54) is 6.92 Å². The van der Waals surface area contributed by atoms with Crippen LogP contribution < -0.4 is 15.0 Å². The fourth-order valence-electron chi connectivity index (χ4n) is 2.54. The highest BCUT2D eigenvalue weighted by molar-refractivity contribution is 6.00. The molecule has 126 valence electrons. The second-order valence-corrected chi connectivity index (χ2v) is 7.18. The molecule has 0 aliphatic carbocycles. The minimum atomic E-state index is -0.579. The highest BCUT2D eigenvalue weighted by atomic mass is 16.5.